The highest BCUT2D eigenvalue weighted by atomic mass is 32.2. The monoisotopic (exact) mass is 489 g/mol. The van der Waals surface area contributed by atoms with Gasteiger partial charge < -0.3 is 19.5 Å². The molecule has 3 rings (SSSR count). The van der Waals surface area contributed by atoms with Gasteiger partial charge >= 0.3 is 6.03 Å². The quantitative estimate of drug-likeness (QED) is 0.464. The number of benzene rings is 2. The molecule has 3 aromatic rings. The maximum Gasteiger partial charge on any atom is 0.321 e. The summed E-state index contributed by atoms with van der Waals surface area (Å²) in [7, 11) is 5.86. The average molecular weight is 490 g/mol. The number of thioether (sulfide) groups is 1. The van der Waals surface area contributed by atoms with Gasteiger partial charge in [0.2, 0.25) is 11.7 Å². The summed E-state index contributed by atoms with van der Waals surface area (Å²) in [6.07, 6.45) is 0. The van der Waals surface area contributed by atoms with Crippen molar-refractivity contribution in [2.45, 2.75) is 17.3 Å². The second kappa shape index (κ2) is 10.9. The Hall–Kier alpha value is -3.80. The largest absolute Gasteiger partial charge is 0.493 e. The smallest absolute Gasteiger partial charge is 0.321 e. The SMILES string of the molecule is CNC(=O)NC(=O)C(C)Sc1nnc(-c2cc(OC)c(OC)c(OC)c2)n1-c1ccccc1F. The number of amides is 3. The number of hydrogen-bond acceptors (Lipinski definition) is 8. The van der Waals surface area contributed by atoms with Gasteiger partial charge in [0.25, 0.3) is 0 Å². The number of nitrogens with zero attached hydrogens (tertiary/aromatic N) is 3. The molecule has 0 saturated carbocycles. The van der Waals surface area contributed by atoms with E-state index in [2.05, 4.69) is 20.8 Å². The zero-order valence-electron chi connectivity index (χ0n) is 19.2. The van der Waals surface area contributed by atoms with Gasteiger partial charge in [-0.1, -0.05) is 23.9 Å². The number of nitrogens with one attached hydrogen (secondary N) is 2. The van der Waals surface area contributed by atoms with Crippen molar-refractivity contribution in [1.82, 2.24) is 25.4 Å². The minimum atomic E-state index is -0.736. The predicted octanol–water partition coefficient (Wildman–Crippen LogP) is 3.04. The van der Waals surface area contributed by atoms with Gasteiger partial charge in [-0.15, -0.1) is 10.2 Å². The lowest BCUT2D eigenvalue weighted by molar-refractivity contribution is -0.119. The molecule has 0 spiro atoms. The minimum absolute atomic E-state index is 0.178. The van der Waals surface area contributed by atoms with Crippen molar-refractivity contribution in [1.29, 1.82) is 0 Å². The topological polar surface area (TPSA) is 117 Å². The Kier molecular flexibility index (Phi) is 7.95. The van der Waals surface area contributed by atoms with Crippen LogP contribution >= 0.6 is 11.8 Å². The normalized spacial score (nSPS) is 11.5. The van der Waals surface area contributed by atoms with E-state index in [1.165, 1.54) is 39.0 Å². The molecule has 0 bridgehead atoms. The van der Waals surface area contributed by atoms with Gasteiger partial charge in [0, 0.05) is 12.6 Å². The molecule has 12 heteroatoms. The predicted molar refractivity (Wildman–Crippen MR) is 124 cm³/mol. The van der Waals surface area contributed by atoms with E-state index in [4.69, 9.17) is 14.2 Å². The Bertz CT molecular complexity index is 1180. The van der Waals surface area contributed by atoms with Crippen molar-refractivity contribution < 1.29 is 28.2 Å². The van der Waals surface area contributed by atoms with E-state index >= 15 is 0 Å². The summed E-state index contributed by atoms with van der Waals surface area (Å²) in [6.45, 7) is 1.60. The van der Waals surface area contributed by atoms with Crippen LogP contribution in [0.2, 0.25) is 0 Å². The average Bonchev–Trinajstić information content (AvgIpc) is 3.26. The maximum atomic E-state index is 14.9. The number of hydrogen-bond donors (Lipinski definition) is 2. The number of rotatable bonds is 8. The second-order valence-electron chi connectivity index (χ2n) is 6.84. The van der Waals surface area contributed by atoms with Gasteiger partial charge in [0.1, 0.15) is 5.82 Å². The van der Waals surface area contributed by atoms with Gasteiger partial charge in [-0.2, -0.15) is 0 Å². The van der Waals surface area contributed by atoms with E-state index in [1.54, 1.807) is 37.3 Å². The van der Waals surface area contributed by atoms with Crippen LogP contribution in [0, 0.1) is 5.82 Å². The van der Waals surface area contributed by atoms with Crippen molar-refractivity contribution in [3.05, 3.63) is 42.2 Å². The Morgan fingerprint density at radius 3 is 2.26 bits per heavy atom. The first-order chi connectivity index (χ1) is 16.3. The summed E-state index contributed by atoms with van der Waals surface area (Å²) >= 11 is 1.02. The van der Waals surface area contributed by atoms with Crippen LogP contribution < -0.4 is 24.8 Å². The number of ether oxygens (including phenoxy) is 3. The van der Waals surface area contributed by atoms with Crippen LogP contribution in [0.3, 0.4) is 0 Å². The standard InChI is InChI=1S/C22H24FN5O5S/c1-12(20(29)25-21(30)24-2)34-22-27-26-19(28(22)15-9-7-6-8-14(15)23)13-10-16(31-3)18(33-5)17(11-13)32-4/h6-12H,1-5H3,(H2,24,25,29,30). The maximum absolute atomic E-state index is 14.9. The molecule has 180 valence electrons. The highest BCUT2D eigenvalue weighted by Crippen LogP contribution is 2.42. The fraction of sp³-hybridized carbons (Fsp3) is 0.273. The first-order valence-electron chi connectivity index (χ1n) is 10.0. The summed E-state index contributed by atoms with van der Waals surface area (Å²) in [5, 5.41) is 12.5. The lowest BCUT2D eigenvalue weighted by Crippen LogP contribution is -2.41. The van der Waals surface area contributed by atoms with E-state index in [-0.39, 0.29) is 16.7 Å². The van der Waals surface area contributed by atoms with E-state index in [0.717, 1.165) is 11.8 Å². The molecular formula is C22H24FN5O5S. The number of carbonyl (C=O) groups is 2. The molecule has 1 atom stereocenters. The summed E-state index contributed by atoms with van der Waals surface area (Å²) in [4.78, 5) is 23.9. The van der Waals surface area contributed by atoms with E-state index in [1.807, 2.05) is 0 Å². The molecule has 2 aromatic carbocycles. The van der Waals surface area contributed by atoms with Gasteiger partial charge in [-0.25, -0.2) is 9.18 Å². The zero-order chi connectivity index (χ0) is 24.8. The van der Waals surface area contributed by atoms with Crippen LogP contribution in [0.15, 0.2) is 41.6 Å². The lowest BCUT2D eigenvalue weighted by atomic mass is 10.1. The number of halogens is 1. The molecule has 0 aliphatic rings. The Morgan fingerprint density at radius 1 is 1.06 bits per heavy atom. The molecule has 0 saturated heterocycles. The van der Waals surface area contributed by atoms with Crippen LogP contribution in [0.1, 0.15) is 6.92 Å². The number of urea groups is 1. The van der Waals surface area contributed by atoms with Crippen molar-refractivity contribution in [2.24, 2.45) is 0 Å². The number of para-hydroxylation sites is 1. The zero-order valence-corrected chi connectivity index (χ0v) is 20.0. The van der Waals surface area contributed by atoms with Gasteiger partial charge in [0.05, 0.1) is 32.3 Å². The fourth-order valence-corrected chi connectivity index (χ4v) is 3.94. The van der Waals surface area contributed by atoms with E-state index in [9.17, 15) is 14.0 Å². The summed E-state index contributed by atoms with van der Waals surface area (Å²) in [5.41, 5.74) is 0.692. The fourth-order valence-electron chi connectivity index (χ4n) is 3.08. The molecule has 1 unspecified atom stereocenters. The van der Waals surface area contributed by atoms with E-state index in [0.29, 0.717) is 22.8 Å². The minimum Gasteiger partial charge on any atom is -0.493 e. The van der Waals surface area contributed by atoms with Gasteiger partial charge in [-0.3, -0.25) is 14.7 Å². The third kappa shape index (κ3) is 5.06. The Morgan fingerprint density at radius 2 is 1.71 bits per heavy atom. The molecule has 3 amide bonds. The van der Waals surface area contributed by atoms with Crippen LogP contribution in [0.25, 0.3) is 17.1 Å². The van der Waals surface area contributed by atoms with Crippen molar-refractivity contribution in [3.8, 4) is 34.3 Å². The molecule has 2 N–H and O–H groups in total. The molecule has 0 radical (unpaired) electrons. The number of methoxy groups -OCH3 is 3. The highest BCUT2D eigenvalue weighted by Gasteiger charge is 2.25. The Balaban J connectivity index is 2.13. The van der Waals surface area contributed by atoms with Crippen molar-refractivity contribution in [2.75, 3.05) is 28.4 Å². The summed E-state index contributed by atoms with van der Waals surface area (Å²) in [5.74, 6) is 0.382. The molecule has 10 nitrogen and oxygen atoms in total. The lowest BCUT2D eigenvalue weighted by Gasteiger charge is -2.16. The van der Waals surface area contributed by atoms with Crippen molar-refractivity contribution >= 4 is 23.7 Å². The molecule has 1 heterocycles. The third-order valence-corrected chi connectivity index (χ3v) is 5.81. The molecular weight excluding hydrogens is 465 g/mol. The molecule has 34 heavy (non-hydrogen) atoms. The van der Waals surface area contributed by atoms with Crippen LogP contribution in [0.5, 0.6) is 17.2 Å². The second-order valence-corrected chi connectivity index (χ2v) is 8.14. The molecule has 0 fully saturated rings. The Labute approximate surface area is 199 Å². The third-order valence-electron chi connectivity index (χ3n) is 4.76. The van der Waals surface area contributed by atoms with Crippen LogP contribution in [0.4, 0.5) is 9.18 Å². The number of imide groups is 1. The molecule has 1 aromatic heterocycles. The molecule has 0 aliphatic heterocycles. The number of aromatic nitrogens is 3. The van der Waals surface area contributed by atoms with Gasteiger partial charge in [0.15, 0.2) is 22.5 Å². The summed E-state index contributed by atoms with van der Waals surface area (Å²) < 4.78 is 32.6. The van der Waals surface area contributed by atoms with Gasteiger partial charge in [-0.05, 0) is 31.2 Å². The van der Waals surface area contributed by atoms with Crippen LogP contribution in [-0.4, -0.2) is 60.3 Å². The first-order valence-corrected chi connectivity index (χ1v) is 10.9. The number of carbonyl (C=O) groups excluding carboxylic acids is 2. The first kappa shape index (κ1) is 24.8. The molecule has 0 aliphatic carbocycles. The highest BCUT2D eigenvalue weighted by molar-refractivity contribution is 8.00. The van der Waals surface area contributed by atoms with Crippen LogP contribution in [-0.2, 0) is 4.79 Å². The summed E-state index contributed by atoms with van der Waals surface area (Å²) in [6, 6.07) is 8.82. The van der Waals surface area contributed by atoms with E-state index < -0.39 is 23.0 Å². The van der Waals surface area contributed by atoms with Crippen molar-refractivity contribution in [3.63, 3.8) is 0 Å².